The SMILES string of the molecule is CCCOC[C@H]1CCN(C(=O)Cn2nc(C)ccc2=O)C1. The smallest absolute Gasteiger partial charge is 0.267 e. The topological polar surface area (TPSA) is 64.4 Å². The highest BCUT2D eigenvalue weighted by atomic mass is 16.5. The highest BCUT2D eigenvalue weighted by Gasteiger charge is 2.26. The summed E-state index contributed by atoms with van der Waals surface area (Å²) in [5, 5.41) is 4.10. The molecule has 0 N–H and O–H groups in total. The molecule has 0 saturated carbocycles. The molecular weight excluding hydrogens is 270 g/mol. The molecule has 0 unspecified atom stereocenters. The van der Waals surface area contributed by atoms with Gasteiger partial charge in [-0.3, -0.25) is 9.59 Å². The summed E-state index contributed by atoms with van der Waals surface area (Å²) in [6.45, 7) is 6.83. The number of carbonyl (C=O) groups excluding carboxylic acids is 1. The fraction of sp³-hybridized carbons (Fsp3) is 0.667. The molecule has 2 heterocycles. The first-order valence-electron chi connectivity index (χ1n) is 7.50. The predicted octanol–water partition coefficient (Wildman–Crippen LogP) is 0.827. The first kappa shape index (κ1) is 15.7. The van der Waals surface area contributed by atoms with Gasteiger partial charge < -0.3 is 9.64 Å². The minimum absolute atomic E-state index is 0.0169. The summed E-state index contributed by atoms with van der Waals surface area (Å²) in [5.41, 5.74) is 0.491. The second kappa shape index (κ2) is 7.36. The Bertz CT molecular complexity index is 541. The lowest BCUT2D eigenvalue weighted by Crippen LogP contribution is -2.36. The average molecular weight is 293 g/mol. The van der Waals surface area contributed by atoms with Crippen molar-refractivity contribution in [3.63, 3.8) is 0 Å². The summed E-state index contributed by atoms with van der Waals surface area (Å²) in [7, 11) is 0. The molecule has 1 amide bonds. The lowest BCUT2D eigenvalue weighted by Gasteiger charge is -2.17. The first-order valence-corrected chi connectivity index (χ1v) is 7.50. The molecule has 0 radical (unpaired) electrons. The van der Waals surface area contributed by atoms with Crippen LogP contribution >= 0.6 is 0 Å². The van der Waals surface area contributed by atoms with Crippen LogP contribution in [-0.4, -0.2) is 46.9 Å². The Morgan fingerprint density at radius 1 is 1.48 bits per heavy atom. The molecule has 6 nitrogen and oxygen atoms in total. The summed E-state index contributed by atoms with van der Waals surface area (Å²) >= 11 is 0. The zero-order valence-corrected chi connectivity index (χ0v) is 12.7. The van der Waals surface area contributed by atoms with Gasteiger partial charge in [-0.1, -0.05) is 6.92 Å². The summed E-state index contributed by atoms with van der Waals surface area (Å²) < 4.78 is 6.78. The normalized spacial score (nSPS) is 18.2. The van der Waals surface area contributed by atoms with Crippen LogP contribution in [0.4, 0.5) is 0 Å². The molecule has 116 valence electrons. The van der Waals surface area contributed by atoms with Crippen LogP contribution in [0.25, 0.3) is 0 Å². The number of amides is 1. The lowest BCUT2D eigenvalue weighted by molar-refractivity contribution is -0.131. The fourth-order valence-electron chi connectivity index (χ4n) is 2.48. The average Bonchev–Trinajstić information content (AvgIpc) is 2.92. The minimum Gasteiger partial charge on any atom is -0.381 e. The molecule has 1 aromatic rings. The molecule has 1 aliphatic rings. The van der Waals surface area contributed by atoms with E-state index in [-0.39, 0.29) is 18.0 Å². The van der Waals surface area contributed by atoms with E-state index in [1.807, 2.05) is 0 Å². The number of likely N-dealkylation sites (tertiary alicyclic amines) is 1. The maximum Gasteiger partial charge on any atom is 0.267 e. The third-order valence-corrected chi connectivity index (χ3v) is 3.63. The number of aryl methyl sites for hydroxylation is 1. The molecule has 0 spiro atoms. The van der Waals surface area contributed by atoms with Crippen LogP contribution in [0, 0.1) is 12.8 Å². The molecule has 0 aliphatic carbocycles. The van der Waals surface area contributed by atoms with Gasteiger partial charge in [0.2, 0.25) is 5.91 Å². The Hall–Kier alpha value is -1.69. The van der Waals surface area contributed by atoms with E-state index in [0.717, 1.165) is 31.7 Å². The van der Waals surface area contributed by atoms with Gasteiger partial charge in [0.25, 0.3) is 5.56 Å². The second-order valence-corrected chi connectivity index (χ2v) is 5.54. The Labute approximate surface area is 124 Å². The van der Waals surface area contributed by atoms with E-state index in [9.17, 15) is 9.59 Å². The van der Waals surface area contributed by atoms with Crippen molar-refractivity contribution in [2.75, 3.05) is 26.3 Å². The molecule has 2 rings (SSSR count). The van der Waals surface area contributed by atoms with Gasteiger partial charge in [-0.2, -0.15) is 5.10 Å². The van der Waals surface area contributed by atoms with Gasteiger partial charge in [0, 0.05) is 31.7 Å². The third-order valence-electron chi connectivity index (χ3n) is 3.63. The van der Waals surface area contributed by atoms with Crippen molar-refractivity contribution in [3.05, 3.63) is 28.2 Å². The highest BCUT2D eigenvalue weighted by molar-refractivity contribution is 5.76. The van der Waals surface area contributed by atoms with Gasteiger partial charge in [-0.05, 0) is 25.8 Å². The van der Waals surface area contributed by atoms with Crippen LogP contribution in [0.2, 0.25) is 0 Å². The molecule has 6 heteroatoms. The fourth-order valence-corrected chi connectivity index (χ4v) is 2.48. The molecule has 1 fully saturated rings. The van der Waals surface area contributed by atoms with Crippen molar-refractivity contribution in [2.24, 2.45) is 5.92 Å². The Balaban J connectivity index is 1.87. The van der Waals surface area contributed by atoms with Crippen LogP contribution in [0.15, 0.2) is 16.9 Å². The maximum atomic E-state index is 12.2. The van der Waals surface area contributed by atoms with Crippen LogP contribution < -0.4 is 5.56 Å². The number of hydrogen-bond donors (Lipinski definition) is 0. The van der Waals surface area contributed by atoms with Crippen LogP contribution in [0.5, 0.6) is 0 Å². The highest BCUT2D eigenvalue weighted by Crippen LogP contribution is 2.16. The van der Waals surface area contributed by atoms with Crippen LogP contribution in [0.3, 0.4) is 0 Å². The van der Waals surface area contributed by atoms with Crippen molar-refractivity contribution in [1.29, 1.82) is 0 Å². The molecular formula is C15H23N3O3. The zero-order chi connectivity index (χ0) is 15.2. The Kier molecular flexibility index (Phi) is 5.50. The largest absolute Gasteiger partial charge is 0.381 e. The van der Waals surface area contributed by atoms with E-state index in [1.165, 1.54) is 10.7 Å². The van der Waals surface area contributed by atoms with E-state index < -0.39 is 0 Å². The van der Waals surface area contributed by atoms with Gasteiger partial charge in [-0.15, -0.1) is 0 Å². The van der Waals surface area contributed by atoms with Crippen molar-refractivity contribution in [3.8, 4) is 0 Å². The number of carbonyl (C=O) groups is 1. The summed E-state index contributed by atoms with van der Waals surface area (Å²) in [6, 6.07) is 3.10. The summed E-state index contributed by atoms with van der Waals surface area (Å²) in [6.07, 6.45) is 1.98. The lowest BCUT2D eigenvalue weighted by atomic mass is 10.1. The van der Waals surface area contributed by atoms with Gasteiger partial charge in [0.1, 0.15) is 6.54 Å². The Morgan fingerprint density at radius 3 is 3.05 bits per heavy atom. The summed E-state index contributed by atoms with van der Waals surface area (Å²) in [5.74, 6) is 0.357. The minimum atomic E-state index is -0.240. The van der Waals surface area contributed by atoms with E-state index in [0.29, 0.717) is 19.1 Å². The van der Waals surface area contributed by atoms with Gasteiger partial charge in [0.15, 0.2) is 0 Å². The molecule has 1 aliphatic heterocycles. The molecule has 21 heavy (non-hydrogen) atoms. The molecule has 1 atom stereocenters. The third kappa shape index (κ3) is 4.39. The van der Waals surface area contributed by atoms with Gasteiger partial charge in [0.05, 0.1) is 12.3 Å². The number of aromatic nitrogens is 2. The second-order valence-electron chi connectivity index (χ2n) is 5.54. The van der Waals surface area contributed by atoms with Gasteiger partial charge >= 0.3 is 0 Å². The van der Waals surface area contributed by atoms with Crippen molar-refractivity contribution < 1.29 is 9.53 Å². The Morgan fingerprint density at radius 2 is 2.29 bits per heavy atom. The summed E-state index contributed by atoms with van der Waals surface area (Å²) in [4.78, 5) is 25.7. The van der Waals surface area contributed by atoms with Gasteiger partial charge in [-0.25, -0.2) is 4.68 Å². The van der Waals surface area contributed by atoms with E-state index in [2.05, 4.69) is 12.0 Å². The van der Waals surface area contributed by atoms with Crippen molar-refractivity contribution in [1.82, 2.24) is 14.7 Å². The number of hydrogen-bond acceptors (Lipinski definition) is 4. The first-order chi connectivity index (χ1) is 10.1. The van der Waals surface area contributed by atoms with E-state index >= 15 is 0 Å². The number of rotatable bonds is 6. The standard InChI is InChI=1S/C15H23N3O3/c1-3-8-21-11-13-6-7-17(9-13)15(20)10-18-14(19)5-4-12(2)16-18/h4-5,13H,3,6-11H2,1-2H3/t13-/m0/s1. The monoisotopic (exact) mass is 293 g/mol. The number of nitrogens with zero attached hydrogens (tertiary/aromatic N) is 3. The van der Waals surface area contributed by atoms with Crippen LogP contribution in [-0.2, 0) is 16.1 Å². The van der Waals surface area contributed by atoms with E-state index in [4.69, 9.17) is 4.74 Å². The molecule has 1 aromatic heterocycles. The molecule has 0 bridgehead atoms. The predicted molar refractivity (Wildman–Crippen MR) is 79.0 cm³/mol. The van der Waals surface area contributed by atoms with E-state index in [1.54, 1.807) is 17.9 Å². The molecule has 1 saturated heterocycles. The van der Waals surface area contributed by atoms with Crippen molar-refractivity contribution >= 4 is 5.91 Å². The zero-order valence-electron chi connectivity index (χ0n) is 12.7. The number of ether oxygens (including phenoxy) is 1. The molecule has 0 aromatic carbocycles. The maximum absolute atomic E-state index is 12.2. The van der Waals surface area contributed by atoms with Crippen molar-refractivity contribution in [2.45, 2.75) is 33.2 Å². The van der Waals surface area contributed by atoms with Crippen LogP contribution in [0.1, 0.15) is 25.5 Å². The quantitative estimate of drug-likeness (QED) is 0.729.